The van der Waals surface area contributed by atoms with Crippen LogP contribution >= 0.6 is 23.1 Å². The third kappa shape index (κ3) is 4.08. The van der Waals surface area contributed by atoms with Crippen molar-refractivity contribution in [3.8, 4) is 0 Å². The Bertz CT molecular complexity index is 858. The van der Waals surface area contributed by atoms with E-state index in [9.17, 15) is 4.79 Å². The van der Waals surface area contributed by atoms with Gasteiger partial charge in [0, 0.05) is 6.54 Å². The normalized spacial score (nSPS) is 11.3. The van der Waals surface area contributed by atoms with Gasteiger partial charge in [-0.25, -0.2) is 4.98 Å². The van der Waals surface area contributed by atoms with E-state index in [2.05, 4.69) is 39.3 Å². The van der Waals surface area contributed by atoms with Gasteiger partial charge in [0.2, 0.25) is 5.13 Å². The Hall–Kier alpha value is -1.93. The molecular weight excluding hydrogens is 330 g/mol. The minimum Gasteiger partial charge on any atom is -0.360 e. The molecular formula is C15H17N5OS2. The van der Waals surface area contributed by atoms with E-state index in [1.54, 1.807) is 6.07 Å². The van der Waals surface area contributed by atoms with Crippen molar-refractivity contribution in [1.29, 1.82) is 0 Å². The summed E-state index contributed by atoms with van der Waals surface area (Å²) >= 11 is 3.03. The molecule has 3 aromatic rings. The van der Waals surface area contributed by atoms with Gasteiger partial charge in [0.1, 0.15) is 5.82 Å². The van der Waals surface area contributed by atoms with Crippen molar-refractivity contribution in [2.24, 2.45) is 5.92 Å². The summed E-state index contributed by atoms with van der Waals surface area (Å²) < 4.78 is 0.854. The van der Waals surface area contributed by atoms with Gasteiger partial charge in [0.15, 0.2) is 4.34 Å². The van der Waals surface area contributed by atoms with E-state index in [0.29, 0.717) is 28.4 Å². The molecule has 23 heavy (non-hydrogen) atoms. The van der Waals surface area contributed by atoms with Gasteiger partial charge in [0.25, 0.3) is 5.56 Å². The van der Waals surface area contributed by atoms with Gasteiger partial charge in [-0.15, -0.1) is 10.2 Å². The number of nitrogens with one attached hydrogen (secondary N) is 2. The maximum absolute atomic E-state index is 12.0. The Balaban J connectivity index is 1.67. The first-order chi connectivity index (χ1) is 11.1. The van der Waals surface area contributed by atoms with E-state index >= 15 is 0 Å². The largest absolute Gasteiger partial charge is 0.360 e. The number of fused-ring (bicyclic) bond motifs is 1. The lowest BCUT2D eigenvalue weighted by Gasteiger charge is -2.03. The molecule has 0 saturated carbocycles. The van der Waals surface area contributed by atoms with Crippen LogP contribution in [0.4, 0.5) is 5.13 Å². The van der Waals surface area contributed by atoms with Crippen molar-refractivity contribution in [1.82, 2.24) is 20.2 Å². The summed E-state index contributed by atoms with van der Waals surface area (Å²) in [5, 5.41) is 12.9. The highest BCUT2D eigenvalue weighted by atomic mass is 32.2. The summed E-state index contributed by atoms with van der Waals surface area (Å²) in [6, 6.07) is 7.33. The fourth-order valence-electron chi connectivity index (χ4n) is 1.96. The van der Waals surface area contributed by atoms with E-state index in [4.69, 9.17) is 0 Å². The van der Waals surface area contributed by atoms with E-state index < -0.39 is 0 Å². The fraction of sp³-hybridized carbons (Fsp3) is 0.333. The summed E-state index contributed by atoms with van der Waals surface area (Å²) in [4.78, 5) is 19.3. The Kier molecular flexibility index (Phi) is 4.92. The second-order valence-corrected chi connectivity index (χ2v) is 7.67. The Morgan fingerprint density at radius 3 is 2.96 bits per heavy atom. The average Bonchev–Trinajstić information content (AvgIpc) is 2.99. The summed E-state index contributed by atoms with van der Waals surface area (Å²) in [6.45, 7) is 5.16. The molecule has 2 N–H and O–H groups in total. The standard InChI is InChI=1S/C15H17N5OS2/c1-9(2)7-16-14-19-20-15(23-14)22-8-12-17-11-6-4-3-5-10(11)13(21)18-12/h3-6,9H,7-8H2,1-2H3,(H,16,19)(H,17,18,21). The van der Waals surface area contributed by atoms with Crippen LogP contribution in [0.1, 0.15) is 19.7 Å². The molecule has 0 saturated heterocycles. The van der Waals surface area contributed by atoms with Crippen molar-refractivity contribution in [2.45, 2.75) is 23.9 Å². The van der Waals surface area contributed by atoms with E-state index in [-0.39, 0.29) is 5.56 Å². The second kappa shape index (κ2) is 7.10. The number of H-pyrrole nitrogens is 1. The molecule has 8 heteroatoms. The number of hydrogen-bond acceptors (Lipinski definition) is 7. The minimum absolute atomic E-state index is 0.109. The zero-order valence-corrected chi connectivity index (χ0v) is 14.5. The average molecular weight is 347 g/mol. The summed E-state index contributed by atoms with van der Waals surface area (Å²) in [5.41, 5.74) is 0.603. The number of aromatic nitrogens is 4. The van der Waals surface area contributed by atoms with Crippen LogP contribution < -0.4 is 10.9 Å². The smallest absolute Gasteiger partial charge is 0.258 e. The van der Waals surface area contributed by atoms with Crippen molar-refractivity contribution in [3.63, 3.8) is 0 Å². The molecule has 2 aromatic heterocycles. The van der Waals surface area contributed by atoms with E-state index in [0.717, 1.165) is 16.0 Å². The number of rotatable bonds is 6. The van der Waals surface area contributed by atoms with Crippen LogP contribution in [0.2, 0.25) is 0 Å². The molecule has 0 aliphatic heterocycles. The first-order valence-corrected chi connectivity index (χ1v) is 9.10. The molecule has 0 spiro atoms. The summed E-state index contributed by atoms with van der Waals surface area (Å²) in [7, 11) is 0. The predicted octanol–water partition coefficient (Wildman–Crippen LogP) is 3.13. The number of aromatic amines is 1. The van der Waals surface area contributed by atoms with Crippen molar-refractivity contribution in [2.75, 3.05) is 11.9 Å². The lowest BCUT2D eigenvalue weighted by molar-refractivity contribution is 0.687. The molecule has 0 radical (unpaired) electrons. The zero-order chi connectivity index (χ0) is 16.2. The second-order valence-electron chi connectivity index (χ2n) is 5.47. The summed E-state index contributed by atoms with van der Waals surface area (Å²) in [5.74, 6) is 1.76. The number of para-hydroxylation sites is 1. The van der Waals surface area contributed by atoms with Crippen LogP contribution in [0, 0.1) is 5.92 Å². The third-order valence-electron chi connectivity index (χ3n) is 3.06. The van der Waals surface area contributed by atoms with Gasteiger partial charge < -0.3 is 10.3 Å². The maximum Gasteiger partial charge on any atom is 0.258 e. The Morgan fingerprint density at radius 1 is 1.30 bits per heavy atom. The number of anilines is 1. The van der Waals surface area contributed by atoms with Gasteiger partial charge in [-0.3, -0.25) is 4.79 Å². The molecule has 6 nitrogen and oxygen atoms in total. The van der Waals surface area contributed by atoms with Gasteiger partial charge in [-0.05, 0) is 18.1 Å². The summed E-state index contributed by atoms with van der Waals surface area (Å²) in [6.07, 6.45) is 0. The molecule has 0 fully saturated rings. The molecule has 0 atom stereocenters. The molecule has 0 aliphatic rings. The molecule has 2 heterocycles. The zero-order valence-electron chi connectivity index (χ0n) is 12.9. The highest BCUT2D eigenvalue weighted by Gasteiger charge is 2.08. The molecule has 0 amide bonds. The topological polar surface area (TPSA) is 83.6 Å². The molecule has 120 valence electrons. The van der Waals surface area contributed by atoms with Crippen LogP contribution in [0.15, 0.2) is 33.4 Å². The fourth-order valence-corrected chi connectivity index (χ4v) is 3.59. The van der Waals surface area contributed by atoms with E-state index in [1.165, 1.54) is 23.1 Å². The molecule has 0 bridgehead atoms. The highest BCUT2D eigenvalue weighted by molar-refractivity contribution is 8.00. The molecule has 0 aliphatic carbocycles. The SMILES string of the molecule is CC(C)CNc1nnc(SCc2nc3ccccc3c(=O)[nH]2)s1. The van der Waals surface area contributed by atoms with Crippen LogP contribution in [0.25, 0.3) is 10.9 Å². The van der Waals surface area contributed by atoms with Crippen LogP contribution in [-0.2, 0) is 5.75 Å². The van der Waals surface area contributed by atoms with Crippen LogP contribution in [0.3, 0.4) is 0 Å². The third-order valence-corrected chi connectivity index (χ3v) is 5.09. The van der Waals surface area contributed by atoms with Crippen molar-refractivity contribution >= 4 is 39.1 Å². The first-order valence-electron chi connectivity index (χ1n) is 7.30. The molecule has 0 unspecified atom stereocenters. The molecule has 1 aromatic carbocycles. The monoisotopic (exact) mass is 347 g/mol. The van der Waals surface area contributed by atoms with Crippen molar-refractivity contribution in [3.05, 3.63) is 40.4 Å². The van der Waals surface area contributed by atoms with Gasteiger partial charge in [-0.2, -0.15) is 0 Å². The van der Waals surface area contributed by atoms with E-state index in [1.807, 2.05) is 18.2 Å². The van der Waals surface area contributed by atoms with Gasteiger partial charge in [0.05, 0.1) is 16.7 Å². The van der Waals surface area contributed by atoms with Crippen LogP contribution in [0.5, 0.6) is 0 Å². The quantitative estimate of drug-likeness (QED) is 0.667. The van der Waals surface area contributed by atoms with Gasteiger partial charge >= 0.3 is 0 Å². The highest BCUT2D eigenvalue weighted by Crippen LogP contribution is 2.27. The number of nitrogens with zero attached hydrogens (tertiary/aromatic N) is 3. The predicted molar refractivity (Wildman–Crippen MR) is 95.2 cm³/mol. The lowest BCUT2D eigenvalue weighted by Crippen LogP contribution is -2.11. The first kappa shape index (κ1) is 15.9. The Labute approximate surface area is 141 Å². The number of thioether (sulfide) groups is 1. The maximum atomic E-state index is 12.0. The Morgan fingerprint density at radius 2 is 2.13 bits per heavy atom. The lowest BCUT2D eigenvalue weighted by atomic mass is 10.2. The van der Waals surface area contributed by atoms with Crippen LogP contribution in [-0.4, -0.2) is 26.7 Å². The van der Waals surface area contributed by atoms with Gasteiger partial charge in [-0.1, -0.05) is 49.1 Å². The number of hydrogen-bond donors (Lipinski definition) is 2. The minimum atomic E-state index is -0.109. The molecule has 3 rings (SSSR count). The van der Waals surface area contributed by atoms with Crippen molar-refractivity contribution < 1.29 is 0 Å². The number of benzene rings is 1.